The first kappa shape index (κ1) is 19.8. The summed E-state index contributed by atoms with van der Waals surface area (Å²) >= 11 is 5.21. The molecule has 2 heterocycles. The normalized spacial score (nSPS) is 13.8. The van der Waals surface area contributed by atoms with Crippen LogP contribution in [0.15, 0.2) is 88.6 Å². The number of benzene rings is 3. The maximum absolute atomic E-state index is 14.4. The second-order valence-electron chi connectivity index (χ2n) is 7.18. The Morgan fingerprint density at radius 1 is 0.969 bits per heavy atom. The SMILES string of the molecule is O=c1[nH]c(=S)n(-c2ccccc2F)c(O)c1C=C1C(c2ccccc2)=Nc2ccccc21. The molecule has 0 atom stereocenters. The van der Waals surface area contributed by atoms with E-state index in [1.165, 1.54) is 18.2 Å². The molecule has 0 radical (unpaired) electrons. The maximum atomic E-state index is 14.4. The third-order valence-electron chi connectivity index (χ3n) is 5.23. The van der Waals surface area contributed by atoms with Gasteiger partial charge in [-0.25, -0.2) is 9.38 Å². The smallest absolute Gasteiger partial charge is 0.262 e. The molecule has 4 aromatic rings. The Labute approximate surface area is 187 Å². The summed E-state index contributed by atoms with van der Waals surface area (Å²) < 4.78 is 15.5. The van der Waals surface area contributed by atoms with Crippen LogP contribution < -0.4 is 5.56 Å². The van der Waals surface area contributed by atoms with E-state index in [0.29, 0.717) is 11.3 Å². The van der Waals surface area contributed by atoms with Gasteiger partial charge in [0.1, 0.15) is 11.4 Å². The number of para-hydroxylation sites is 2. The van der Waals surface area contributed by atoms with Crippen molar-refractivity contribution in [2.24, 2.45) is 4.99 Å². The fourth-order valence-corrected chi connectivity index (χ4v) is 4.02. The average Bonchev–Trinajstić information content (AvgIpc) is 3.17. The summed E-state index contributed by atoms with van der Waals surface area (Å²) in [6.07, 6.45) is 1.57. The molecule has 156 valence electrons. The fourth-order valence-electron chi connectivity index (χ4n) is 3.74. The number of aromatic hydroxyl groups is 1. The molecule has 1 aliphatic rings. The molecule has 0 spiro atoms. The van der Waals surface area contributed by atoms with E-state index >= 15 is 0 Å². The number of nitrogens with one attached hydrogen (secondary N) is 1. The van der Waals surface area contributed by atoms with Gasteiger partial charge < -0.3 is 5.11 Å². The standard InChI is InChI=1S/C25H16FN3O2S/c26-19-11-5-7-13-21(19)29-24(31)18(23(30)28-25(29)32)14-17-16-10-4-6-12-20(16)27-22(17)15-8-2-1-3-9-15/h1-14,31H,(H,28,30,32). The molecule has 1 aliphatic heterocycles. The molecule has 2 N–H and O–H groups in total. The zero-order chi connectivity index (χ0) is 22.2. The van der Waals surface area contributed by atoms with Crippen LogP contribution in [0.25, 0.3) is 17.3 Å². The number of aromatic nitrogens is 2. The monoisotopic (exact) mass is 441 g/mol. The molecular weight excluding hydrogens is 425 g/mol. The van der Waals surface area contributed by atoms with Crippen LogP contribution in [-0.2, 0) is 0 Å². The van der Waals surface area contributed by atoms with E-state index in [2.05, 4.69) is 4.98 Å². The van der Waals surface area contributed by atoms with Crippen molar-refractivity contribution >= 4 is 35.3 Å². The van der Waals surface area contributed by atoms with Crippen LogP contribution in [0.2, 0.25) is 0 Å². The molecule has 0 aliphatic carbocycles. The summed E-state index contributed by atoms with van der Waals surface area (Å²) in [6.45, 7) is 0. The number of aliphatic imine (C=N–C) groups is 1. The molecule has 1 aromatic heterocycles. The maximum Gasteiger partial charge on any atom is 0.262 e. The lowest BCUT2D eigenvalue weighted by Gasteiger charge is -2.13. The molecule has 0 saturated heterocycles. The number of rotatable bonds is 3. The number of halogens is 1. The van der Waals surface area contributed by atoms with Crippen molar-refractivity contribution in [3.8, 4) is 11.6 Å². The van der Waals surface area contributed by atoms with Gasteiger partial charge in [0, 0.05) is 16.7 Å². The first-order chi connectivity index (χ1) is 15.5. The quantitative estimate of drug-likeness (QED) is 0.418. The minimum absolute atomic E-state index is 0.0367. The van der Waals surface area contributed by atoms with Crippen LogP contribution in [-0.4, -0.2) is 20.4 Å². The molecule has 5 nitrogen and oxygen atoms in total. The second kappa shape index (κ2) is 7.86. The van der Waals surface area contributed by atoms with Crippen LogP contribution in [0.4, 0.5) is 10.1 Å². The summed E-state index contributed by atoms with van der Waals surface area (Å²) in [7, 11) is 0. The third kappa shape index (κ3) is 3.29. The van der Waals surface area contributed by atoms with Crippen molar-refractivity contribution in [2.45, 2.75) is 0 Å². The largest absolute Gasteiger partial charge is 0.494 e. The Morgan fingerprint density at radius 3 is 2.44 bits per heavy atom. The number of nitrogens with zero attached hydrogens (tertiary/aromatic N) is 2. The van der Waals surface area contributed by atoms with Gasteiger partial charge in [0.15, 0.2) is 4.77 Å². The van der Waals surface area contributed by atoms with E-state index in [-0.39, 0.29) is 16.0 Å². The van der Waals surface area contributed by atoms with Crippen LogP contribution in [0.5, 0.6) is 5.88 Å². The second-order valence-corrected chi connectivity index (χ2v) is 7.57. The van der Waals surface area contributed by atoms with Crippen molar-refractivity contribution in [1.29, 1.82) is 0 Å². The Bertz CT molecular complexity index is 1540. The minimum Gasteiger partial charge on any atom is -0.494 e. The highest BCUT2D eigenvalue weighted by Gasteiger charge is 2.24. The summed E-state index contributed by atoms with van der Waals surface area (Å²) in [4.78, 5) is 20.1. The fraction of sp³-hybridized carbons (Fsp3) is 0. The molecule has 0 unspecified atom stereocenters. The third-order valence-corrected chi connectivity index (χ3v) is 5.52. The van der Waals surface area contributed by atoms with Gasteiger partial charge in [-0.15, -0.1) is 0 Å². The van der Waals surface area contributed by atoms with Crippen molar-refractivity contribution < 1.29 is 9.50 Å². The van der Waals surface area contributed by atoms with Crippen LogP contribution in [0.3, 0.4) is 0 Å². The lowest BCUT2D eigenvalue weighted by Crippen LogP contribution is -2.17. The van der Waals surface area contributed by atoms with E-state index < -0.39 is 17.3 Å². The molecule has 0 amide bonds. The molecule has 0 saturated carbocycles. The van der Waals surface area contributed by atoms with E-state index in [9.17, 15) is 14.3 Å². The van der Waals surface area contributed by atoms with Crippen molar-refractivity contribution in [3.63, 3.8) is 0 Å². The molecular formula is C25H16FN3O2S. The lowest BCUT2D eigenvalue weighted by molar-refractivity contribution is 0.429. The van der Waals surface area contributed by atoms with Crippen LogP contribution in [0, 0.1) is 10.6 Å². The zero-order valence-electron chi connectivity index (χ0n) is 16.6. The minimum atomic E-state index is -0.581. The Kier molecular flexibility index (Phi) is 4.88. The van der Waals surface area contributed by atoms with Crippen molar-refractivity contribution in [1.82, 2.24) is 9.55 Å². The van der Waals surface area contributed by atoms with Gasteiger partial charge in [0.25, 0.3) is 5.56 Å². The van der Waals surface area contributed by atoms with Gasteiger partial charge in [-0.05, 0) is 36.5 Å². The highest BCUT2D eigenvalue weighted by atomic mass is 32.1. The predicted molar refractivity (Wildman–Crippen MR) is 126 cm³/mol. The van der Waals surface area contributed by atoms with Crippen LogP contribution in [0.1, 0.15) is 16.7 Å². The molecule has 0 bridgehead atoms. The number of H-pyrrole nitrogens is 1. The van der Waals surface area contributed by atoms with Gasteiger partial charge in [0.2, 0.25) is 5.88 Å². The molecule has 0 fully saturated rings. The summed E-state index contributed by atoms with van der Waals surface area (Å²) in [5, 5.41) is 11.0. The lowest BCUT2D eigenvalue weighted by atomic mass is 9.96. The number of fused-ring (bicyclic) bond motifs is 1. The average molecular weight is 441 g/mol. The molecule has 7 heteroatoms. The van der Waals surface area contributed by atoms with Gasteiger partial charge in [-0.1, -0.05) is 60.7 Å². The van der Waals surface area contributed by atoms with Gasteiger partial charge in [-0.2, -0.15) is 0 Å². The Hall–Kier alpha value is -4.10. The number of hydrogen-bond acceptors (Lipinski definition) is 4. The summed E-state index contributed by atoms with van der Waals surface area (Å²) in [5.74, 6) is -1.03. The summed E-state index contributed by atoms with van der Waals surface area (Å²) in [6, 6.07) is 23.0. The van der Waals surface area contributed by atoms with Gasteiger partial charge >= 0.3 is 0 Å². The van der Waals surface area contributed by atoms with E-state index in [1.807, 2.05) is 54.6 Å². The number of hydrogen-bond donors (Lipinski definition) is 2. The number of aromatic amines is 1. The highest BCUT2D eigenvalue weighted by Crippen LogP contribution is 2.38. The van der Waals surface area contributed by atoms with Crippen molar-refractivity contribution in [3.05, 3.63) is 116 Å². The van der Waals surface area contributed by atoms with Gasteiger partial charge in [-0.3, -0.25) is 14.3 Å². The first-order valence-corrected chi connectivity index (χ1v) is 10.2. The van der Waals surface area contributed by atoms with Gasteiger partial charge in [0.05, 0.1) is 17.1 Å². The summed E-state index contributed by atoms with van der Waals surface area (Å²) in [5.41, 5.74) is 3.21. The Morgan fingerprint density at radius 2 is 1.66 bits per heavy atom. The predicted octanol–water partition coefficient (Wildman–Crippen LogP) is 5.41. The van der Waals surface area contributed by atoms with Crippen molar-refractivity contribution in [2.75, 3.05) is 0 Å². The first-order valence-electron chi connectivity index (χ1n) is 9.83. The molecule has 5 rings (SSSR count). The highest BCUT2D eigenvalue weighted by molar-refractivity contribution is 7.71. The van der Waals surface area contributed by atoms with E-state index in [4.69, 9.17) is 17.2 Å². The zero-order valence-corrected chi connectivity index (χ0v) is 17.4. The molecule has 32 heavy (non-hydrogen) atoms. The Balaban J connectivity index is 1.77. The molecule has 3 aromatic carbocycles. The van der Waals surface area contributed by atoms with Crippen LogP contribution >= 0.6 is 12.2 Å². The van der Waals surface area contributed by atoms with E-state index in [0.717, 1.165) is 21.4 Å². The number of allylic oxidation sites excluding steroid dienone is 1. The topological polar surface area (TPSA) is 70.4 Å². The van der Waals surface area contributed by atoms with E-state index in [1.54, 1.807) is 12.1 Å².